The van der Waals surface area contributed by atoms with Crippen LogP contribution in [0.1, 0.15) is 40.7 Å². The van der Waals surface area contributed by atoms with Gasteiger partial charge < -0.3 is 5.32 Å². The molecule has 7 heteroatoms. The SMILES string of the molecule is CCCNC(=O)CCC(=O)NNC(=O)c1ccc(C)s1. The van der Waals surface area contributed by atoms with Crippen molar-refractivity contribution in [2.75, 3.05) is 6.54 Å². The second kappa shape index (κ2) is 8.31. The molecule has 0 fully saturated rings. The van der Waals surface area contributed by atoms with E-state index in [4.69, 9.17) is 0 Å². The summed E-state index contributed by atoms with van der Waals surface area (Å²) >= 11 is 1.35. The third-order valence-corrected chi connectivity index (χ3v) is 3.43. The van der Waals surface area contributed by atoms with Crippen LogP contribution < -0.4 is 16.2 Å². The zero-order valence-corrected chi connectivity index (χ0v) is 12.4. The van der Waals surface area contributed by atoms with Crippen LogP contribution in [0.5, 0.6) is 0 Å². The normalized spacial score (nSPS) is 9.90. The van der Waals surface area contributed by atoms with Gasteiger partial charge in [-0.2, -0.15) is 0 Å². The van der Waals surface area contributed by atoms with Crippen molar-refractivity contribution in [3.63, 3.8) is 0 Å². The van der Waals surface area contributed by atoms with Crippen LogP contribution in [0.2, 0.25) is 0 Å². The van der Waals surface area contributed by atoms with Crippen molar-refractivity contribution in [3.05, 3.63) is 21.9 Å². The van der Waals surface area contributed by atoms with Crippen LogP contribution in [0.3, 0.4) is 0 Å². The standard InChI is InChI=1S/C13H19N3O3S/c1-3-8-14-11(17)6-7-12(18)15-16-13(19)10-5-4-9(2)20-10/h4-5H,3,6-8H2,1-2H3,(H,14,17)(H,15,18)(H,16,19). The largest absolute Gasteiger partial charge is 0.356 e. The molecule has 1 aromatic rings. The molecular formula is C13H19N3O3S. The fourth-order valence-corrected chi connectivity index (χ4v) is 2.15. The number of hydrogen-bond acceptors (Lipinski definition) is 4. The van der Waals surface area contributed by atoms with Gasteiger partial charge >= 0.3 is 0 Å². The predicted octanol–water partition coefficient (Wildman–Crippen LogP) is 1.12. The van der Waals surface area contributed by atoms with Crippen LogP contribution in [0, 0.1) is 6.92 Å². The Bertz CT molecular complexity index is 485. The van der Waals surface area contributed by atoms with Crippen molar-refractivity contribution in [2.45, 2.75) is 33.1 Å². The Kier molecular flexibility index (Phi) is 6.72. The van der Waals surface area contributed by atoms with Gasteiger partial charge in [0.25, 0.3) is 5.91 Å². The third-order valence-electron chi connectivity index (χ3n) is 2.43. The first-order valence-corrected chi connectivity index (χ1v) is 7.27. The molecule has 0 aliphatic heterocycles. The molecular weight excluding hydrogens is 278 g/mol. The molecule has 0 radical (unpaired) electrons. The summed E-state index contributed by atoms with van der Waals surface area (Å²) in [4.78, 5) is 36.0. The Hall–Kier alpha value is -1.89. The van der Waals surface area contributed by atoms with Crippen molar-refractivity contribution < 1.29 is 14.4 Å². The van der Waals surface area contributed by atoms with Crippen LogP contribution >= 0.6 is 11.3 Å². The summed E-state index contributed by atoms with van der Waals surface area (Å²) in [5.41, 5.74) is 4.61. The first-order valence-electron chi connectivity index (χ1n) is 6.45. The molecule has 0 aliphatic rings. The number of carbonyl (C=O) groups is 3. The first-order chi connectivity index (χ1) is 9.52. The number of thiophene rings is 1. The van der Waals surface area contributed by atoms with Gasteiger partial charge in [0.1, 0.15) is 0 Å². The maximum atomic E-state index is 11.6. The molecule has 0 saturated heterocycles. The maximum absolute atomic E-state index is 11.6. The maximum Gasteiger partial charge on any atom is 0.279 e. The van der Waals surface area contributed by atoms with Crippen molar-refractivity contribution in [1.29, 1.82) is 0 Å². The smallest absolute Gasteiger partial charge is 0.279 e. The Balaban J connectivity index is 2.23. The minimum absolute atomic E-state index is 0.0410. The highest BCUT2D eigenvalue weighted by molar-refractivity contribution is 7.13. The van der Waals surface area contributed by atoms with Crippen molar-refractivity contribution >= 4 is 29.1 Å². The van der Waals surface area contributed by atoms with Gasteiger partial charge in [-0.25, -0.2) is 0 Å². The van der Waals surface area contributed by atoms with E-state index in [0.29, 0.717) is 11.4 Å². The number of hydrogen-bond donors (Lipinski definition) is 3. The molecule has 0 spiro atoms. The Morgan fingerprint density at radius 2 is 1.80 bits per heavy atom. The summed E-state index contributed by atoms with van der Waals surface area (Å²) in [6.45, 7) is 4.46. The minimum atomic E-state index is -0.390. The van der Waals surface area contributed by atoms with Gasteiger partial charge in [-0.1, -0.05) is 6.92 Å². The Morgan fingerprint density at radius 1 is 1.10 bits per heavy atom. The molecule has 1 heterocycles. The summed E-state index contributed by atoms with van der Waals surface area (Å²) in [7, 11) is 0. The van der Waals surface area contributed by atoms with E-state index >= 15 is 0 Å². The highest BCUT2D eigenvalue weighted by Crippen LogP contribution is 2.14. The van der Waals surface area contributed by atoms with E-state index < -0.39 is 5.91 Å². The summed E-state index contributed by atoms with van der Waals surface area (Å²) in [5.74, 6) is -0.910. The van der Waals surface area contributed by atoms with Crippen molar-refractivity contribution in [1.82, 2.24) is 16.2 Å². The molecule has 3 amide bonds. The molecule has 0 saturated carbocycles. The lowest BCUT2D eigenvalue weighted by molar-refractivity contribution is -0.126. The lowest BCUT2D eigenvalue weighted by Gasteiger charge is -2.06. The quantitative estimate of drug-likeness (QED) is 0.688. The van der Waals surface area contributed by atoms with E-state index in [9.17, 15) is 14.4 Å². The van der Waals surface area contributed by atoms with E-state index in [-0.39, 0.29) is 24.7 Å². The lowest BCUT2D eigenvalue weighted by Crippen LogP contribution is -2.41. The second-order valence-corrected chi connectivity index (χ2v) is 5.55. The molecule has 0 atom stereocenters. The van der Waals surface area contributed by atoms with E-state index in [1.807, 2.05) is 19.9 Å². The van der Waals surface area contributed by atoms with Crippen LogP contribution in [0.15, 0.2) is 12.1 Å². The first kappa shape index (κ1) is 16.2. The molecule has 3 N–H and O–H groups in total. The van der Waals surface area contributed by atoms with Gasteiger partial charge in [0, 0.05) is 24.3 Å². The van der Waals surface area contributed by atoms with Gasteiger partial charge in [-0.05, 0) is 25.5 Å². The van der Waals surface area contributed by atoms with Gasteiger partial charge in [-0.15, -0.1) is 11.3 Å². The molecule has 0 unspecified atom stereocenters. The fourth-order valence-electron chi connectivity index (χ4n) is 1.39. The predicted molar refractivity (Wildman–Crippen MR) is 77.2 cm³/mol. The summed E-state index contributed by atoms with van der Waals surface area (Å²) in [5, 5.41) is 2.68. The van der Waals surface area contributed by atoms with E-state index in [0.717, 1.165) is 11.3 Å². The Labute approximate surface area is 121 Å². The van der Waals surface area contributed by atoms with Crippen LogP contribution in [-0.4, -0.2) is 24.3 Å². The van der Waals surface area contributed by atoms with E-state index in [1.165, 1.54) is 11.3 Å². The summed E-state index contributed by atoms with van der Waals surface area (Å²) < 4.78 is 0. The summed E-state index contributed by atoms with van der Waals surface area (Å²) in [6, 6.07) is 3.53. The van der Waals surface area contributed by atoms with Crippen molar-refractivity contribution in [3.8, 4) is 0 Å². The van der Waals surface area contributed by atoms with Crippen LogP contribution in [0.4, 0.5) is 0 Å². The molecule has 6 nitrogen and oxygen atoms in total. The monoisotopic (exact) mass is 297 g/mol. The molecule has 110 valence electrons. The van der Waals surface area contributed by atoms with Gasteiger partial charge in [0.2, 0.25) is 11.8 Å². The van der Waals surface area contributed by atoms with E-state index in [2.05, 4.69) is 16.2 Å². The average molecular weight is 297 g/mol. The Morgan fingerprint density at radius 3 is 2.40 bits per heavy atom. The minimum Gasteiger partial charge on any atom is -0.356 e. The lowest BCUT2D eigenvalue weighted by atomic mass is 10.3. The number of nitrogens with one attached hydrogen (secondary N) is 3. The van der Waals surface area contributed by atoms with Gasteiger partial charge in [0.05, 0.1) is 4.88 Å². The molecule has 0 aliphatic carbocycles. The number of aryl methyl sites for hydroxylation is 1. The second-order valence-electron chi connectivity index (χ2n) is 4.26. The topological polar surface area (TPSA) is 87.3 Å². The zero-order chi connectivity index (χ0) is 15.0. The molecule has 20 heavy (non-hydrogen) atoms. The molecule has 1 aromatic heterocycles. The third kappa shape index (κ3) is 5.83. The highest BCUT2D eigenvalue weighted by Gasteiger charge is 2.10. The van der Waals surface area contributed by atoms with Crippen LogP contribution in [0.25, 0.3) is 0 Å². The number of rotatable bonds is 6. The molecule has 1 rings (SSSR count). The fraction of sp³-hybridized carbons (Fsp3) is 0.462. The zero-order valence-electron chi connectivity index (χ0n) is 11.6. The van der Waals surface area contributed by atoms with Gasteiger partial charge in [-0.3, -0.25) is 25.2 Å². The number of carbonyl (C=O) groups excluding carboxylic acids is 3. The van der Waals surface area contributed by atoms with Gasteiger partial charge in [0.15, 0.2) is 0 Å². The number of amides is 3. The van der Waals surface area contributed by atoms with Crippen molar-refractivity contribution in [2.24, 2.45) is 0 Å². The average Bonchev–Trinajstić information content (AvgIpc) is 2.86. The molecule has 0 aromatic carbocycles. The molecule has 0 bridgehead atoms. The van der Waals surface area contributed by atoms with E-state index in [1.54, 1.807) is 6.07 Å². The summed E-state index contributed by atoms with van der Waals surface area (Å²) in [6.07, 6.45) is 1.01. The van der Waals surface area contributed by atoms with Crippen LogP contribution in [-0.2, 0) is 9.59 Å². The highest BCUT2D eigenvalue weighted by atomic mass is 32.1. The number of hydrazine groups is 1.